The molecule has 0 saturated carbocycles. The summed E-state index contributed by atoms with van der Waals surface area (Å²) in [7, 11) is 0. The van der Waals surface area contributed by atoms with E-state index in [4.69, 9.17) is 5.73 Å². The van der Waals surface area contributed by atoms with Crippen LogP contribution in [0.1, 0.15) is 6.42 Å². The second-order valence-corrected chi connectivity index (χ2v) is 4.63. The maximum absolute atomic E-state index is 12.1. The molecule has 1 fully saturated rings. The van der Waals surface area contributed by atoms with Gasteiger partial charge in [-0.05, 0) is 6.07 Å². The molecule has 0 aliphatic carbocycles. The number of nitrogens with zero attached hydrogens (tertiary/aromatic N) is 3. The molecular weight excluding hydrogens is 257 g/mol. The summed E-state index contributed by atoms with van der Waals surface area (Å²) < 4.78 is 36.4. The van der Waals surface area contributed by atoms with Gasteiger partial charge in [-0.3, -0.25) is 9.88 Å². The van der Waals surface area contributed by atoms with Gasteiger partial charge < -0.3 is 10.6 Å². The predicted molar refractivity (Wildman–Crippen MR) is 68.0 cm³/mol. The van der Waals surface area contributed by atoms with E-state index in [2.05, 4.69) is 9.88 Å². The Balaban J connectivity index is 1.84. The average Bonchev–Trinajstić information content (AvgIpc) is 2.37. The molecule has 0 aromatic carbocycles. The van der Waals surface area contributed by atoms with E-state index in [0.717, 1.165) is 5.69 Å². The molecule has 2 N–H and O–H groups in total. The summed E-state index contributed by atoms with van der Waals surface area (Å²) in [5, 5.41) is 0. The first-order valence-electron chi connectivity index (χ1n) is 6.19. The number of hydrogen-bond donors (Lipinski definition) is 1. The van der Waals surface area contributed by atoms with E-state index in [1.165, 1.54) is 0 Å². The summed E-state index contributed by atoms with van der Waals surface area (Å²) in [4.78, 5) is 7.84. The predicted octanol–water partition coefficient (Wildman–Crippen LogP) is 1.74. The van der Waals surface area contributed by atoms with Crippen LogP contribution < -0.4 is 10.6 Å². The number of pyridine rings is 1. The number of rotatable bonds is 3. The highest BCUT2D eigenvalue weighted by atomic mass is 19.4. The highest BCUT2D eigenvalue weighted by Crippen LogP contribution is 2.24. The van der Waals surface area contributed by atoms with E-state index in [9.17, 15) is 13.2 Å². The van der Waals surface area contributed by atoms with E-state index >= 15 is 0 Å². The molecule has 7 heteroatoms. The minimum absolute atomic E-state index is 0.0726. The van der Waals surface area contributed by atoms with Gasteiger partial charge in [-0.15, -0.1) is 0 Å². The smallest absolute Gasteiger partial charge is 0.390 e. The van der Waals surface area contributed by atoms with Gasteiger partial charge in [-0.25, -0.2) is 0 Å². The zero-order valence-corrected chi connectivity index (χ0v) is 10.5. The Hall–Kier alpha value is -1.50. The van der Waals surface area contributed by atoms with Gasteiger partial charge in [0.05, 0.1) is 24.0 Å². The molecule has 2 heterocycles. The topological polar surface area (TPSA) is 45.4 Å². The number of halogens is 3. The van der Waals surface area contributed by atoms with Gasteiger partial charge in [0.15, 0.2) is 0 Å². The highest BCUT2D eigenvalue weighted by Gasteiger charge is 2.28. The fourth-order valence-electron chi connectivity index (χ4n) is 2.18. The van der Waals surface area contributed by atoms with Gasteiger partial charge in [-0.2, -0.15) is 13.2 Å². The van der Waals surface area contributed by atoms with Crippen molar-refractivity contribution in [1.29, 1.82) is 0 Å². The first-order chi connectivity index (χ1) is 8.96. The molecule has 1 aliphatic rings. The first-order valence-corrected chi connectivity index (χ1v) is 6.19. The third kappa shape index (κ3) is 3.99. The van der Waals surface area contributed by atoms with Crippen LogP contribution in [0.25, 0.3) is 0 Å². The van der Waals surface area contributed by atoms with Crippen LogP contribution in [-0.2, 0) is 0 Å². The molecule has 0 spiro atoms. The minimum Gasteiger partial charge on any atom is -0.396 e. The average molecular weight is 274 g/mol. The largest absolute Gasteiger partial charge is 0.396 e. The molecule has 0 unspecified atom stereocenters. The molecule has 1 aliphatic heterocycles. The Kier molecular flexibility index (Phi) is 4.14. The number of hydrogen-bond acceptors (Lipinski definition) is 4. The molecule has 19 heavy (non-hydrogen) atoms. The fourth-order valence-corrected chi connectivity index (χ4v) is 2.18. The number of piperazine rings is 1. The van der Waals surface area contributed by atoms with Crippen molar-refractivity contribution in [3.8, 4) is 0 Å². The number of nitrogens with two attached hydrogens (primary N) is 1. The van der Waals surface area contributed by atoms with Crippen molar-refractivity contribution < 1.29 is 13.2 Å². The molecule has 2 rings (SSSR count). The van der Waals surface area contributed by atoms with Crippen LogP contribution in [0.2, 0.25) is 0 Å². The van der Waals surface area contributed by atoms with Crippen LogP contribution in [0.5, 0.6) is 0 Å². The van der Waals surface area contributed by atoms with Crippen molar-refractivity contribution in [1.82, 2.24) is 9.88 Å². The monoisotopic (exact) mass is 274 g/mol. The Bertz CT molecular complexity index is 414. The number of nitrogen functional groups attached to an aromatic ring is 1. The quantitative estimate of drug-likeness (QED) is 0.912. The van der Waals surface area contributed by atoms with Gasteiger partial charge >= 0.3 is 6.18 Å². The first kappa shape index (κ1) is 13.9. The molecule has 1 aromatic heterocycles. The van der Waals surface area contributed by atoms with Crippen LogP contribution in [-0.4, -0.2) is 48.8 Å². The zero-order chi connectivity index (χ0) is 13.9. The van der Waals surface area contributed by atoms with Crippen molar-refractivity contribution in [2.45, 2.75) is 12.6 Å². The Morgan fingerprint density at radius 2 is 1.89 bits per heavy atom. The molecular formula is C12H17F3N4. The summed E-state index contributed by atoms with van der Waals surface area (Å²) in [6.07, 6.45) is -1.57. The van der Waals surface area contributed by atoms with Gasteiger partial charge in [0, 0.05) is 38.9 Å². The summed E-state index contributed by atoms with van der Waals surface area (Å²) in [6, 6.07) is 1.83. The molecule has 4 nitrogen and oxygen atoms in total. The van der Waals surface area contributed by atoms with Gasteiger partial charge in [0.25, 0.3) is 0 Å². The Labute approximate surface area is 110 Å². The summed E-state index contributed by atoms with van der Waals surface area (Å²) in [5.41, 5.74) is 7.35. The van der Waals surface area contributed by atoms with Gasteiger partial charge in [0.1, 0.15) is 0 Å². The second-order valence-electron chi connectivity index (χ2n) is 4.63. The molecule has 0 atom stereocenters. The van der Waals surface area contributed by atoms with Crippen molar-refractivity contribution in [3.05, 3.63) is 18.5 Å². The minimum atomic E-state index is -4.08. The van der Waals surface area contributed by atoms with Gasteiger partial charge in [0.2, 0.25) is 0 Å². The van der Waals surface area contributed by atoms with E-state index in [-0.39, 0.29) is 6.54 Å². The van der Waals surface area contributed by atoms with E-state index in [0.29, 0.717) is 31.9 Å². The van der Waals surface area contributed by atoms with Crippen LogP contribution in [0.4, 0.5) is 24.5 Å². The molecule has 1 aromatic rings. The fraction of sp³-hybridized carbons (Fsp3) is 0.583. The van der Waals surface area contributed by atoms with Crippen molar-refractivity contribution in [2.24, 2.45) is 0 Å². The molecule has 106 valence electrons. The summed E-state index contributed by atoms with van der Waals surface area (Å²) >= 11 is 0. The van der Waals surface area contributed by atoms with Crippen molar-refractivity contribution >= 4 is 11.4 Å². The van der Waals surface area contributed by atoms with Crippen molar-refractivity contribution in [2.75, 3.05) is 43.4 Å². The second kappa shape index (κ2) is 5.64. The number of alkyl halides is 3. The van der Waals surface area contributed by atoms with Crippen LogP contribution >= 0.6 is 0 Å². The van der Waals surface area contributed by atoms with Crippen LogP contribution in [0.3, 0.4) is 0 Å². The lowest BCUT2D eigenvalue weighted by molar-refractivity contribution is -0.138. The molecule has 0 amide bonds. The zero-order valence-electron chi connectivity index (χ0n) is 10.5. The Morgan fingerprint density at radius 1 is 1.21 bits per heavy atom. The molecule has 0 radical (unpaired) electrons. The van der Waals surface area contributed by atoms with E-state index in [1.807, 2.05) is 11.0 Å². The third-order valence-electron chi connectivity index (χ3n) is 3.25. The summed E-state index contributed by atoms with van der Waals surface area (Å²) in [5.74, 6) is 0. The molecule has 1 saturated heterocycles. The highest BCUT2D eigenvalue weighted by molar-refractivity contribution is 5.66. The lowest BCUT2D eigenvalue weighted by Gasteiger charge is -2.36. The van der Waals surface area contributed by atoms with E-state index in [1.54, 1.807) is 12.4 Å². The Morgan fingerprint density at radius 3 is 2.47 bits per heavy atom. The van der Waals surface area contributed by atoms with E-state index < -0.39 is 12.6 Å². The number of aromatic nitrogens is 1. The maximum Gasteiger partial charge on any atom is 0.390 e. The number of anilines is 2. The van der Waals surface area contributed by atoms with Crippen LogP contribution in [0, 0.1) is 0 Å². The normalized spacial score (nSPS) is 17.7. The van der Waals surface area contributed by atoms with Gasteiger partial charge in [-0.1, -0.05) is 0 Å². The van der Waals surface area contributed by atoms with Crippen molar-refractivity contribution in [3.63, 3.8) is 0 Å². The third-order valence-corrected chi connectivity index (χ3v) is 3.25. The SMILES string of the molecule is Nc1cnccc1N1CCN(CCC(F)(F)F)CC1. The lowest BCUT2D eigenvalue weighted by atomic mass is 10.2. The van der Waals surface area contributed by atoms with Crippen LogP contribution in [0.15, 0.2) is 18.5 Å². The summed E-state index contributed by atoms with van der Waals surface area (Å²) in [6.45, 7) is 2.69. The lowest BCUT2D eigenvalue weighted by Crippen LogP contribution is -2.47. The maximum atomic E-state index is 12.1. The molecule has 0 bridgehead atoms. The standard InChI is InChI=1S/C12H17F3N4/c13-12(14,15)2-4-18-5-7-19(8-6-18)11-1-3-17-9-10(11)16/h1,3,9H,2,4-8,16H2.